The van der Waals surface area contributed by atoms with Gasteiger partial charge >= 0.3 is 0 Å². The quantitative estimate of drug-likeness (QED) is 0.807. The summed E-state index contributed by atoms with van der Waals surface area (Å²) in [5.74, 6) is -0.541. The second-order valence-corrected chi connectivity index (χ2v) is 4.78. The topological polar surface area (TPSA) is 65.2 Å². The van der Waals surface area contributed by atoms with Gasteiger partial charge in [-0.3, -0.25) is 4.79 Å². The molecule has 2 aromatic carbocycles. The van der Waals surface area contributed by atoms with Crippen molar-refractivity contribution in [3.05, 3.63) is 60.0 Å². The van der Waals surface area contributed by atoms with Crippen LogP contribution in [0.3, 0.4) is 0 Å². The Morgan fingerprint density at radius 1 is 1.14 bits per heavy atom. The van der Waals surface area contributed by atoms with Gasteiger partial charge in [-0.05, 0) is 35.9 Å². The van der Waals surface area contributed by atoms with Crippen molar-refractivity contribution in [1.82, 2.24) is 4.98 Å². The van der Waals surface area contributed by atoms with Gasteiger partial charge in [0.1, 0.15) is 17.3 Å². The SMILES string of the molecule is COc1ccc(F)c(-c2cc(C(N)=O)nc3ccccc23)c1. The van der Waals surface area contributed by atoms with Crippen LogP contribution in [0, 0.1) is 5.82 Å². The molecule has 0 saturated heterocycles. The summed E-state index contributed by atoms with van der Waals surface area (Å²) in [5, 5.41) is 0.736. The number of pyridine rings is 1. The molecule has 1 aromatic heterocycles. The van der Waals surface area contributed by atoms with E-state index in [2.05, 4.69) is 4.98 Å². The highest BCUT2D eigenvalue weighted by Gasteiger charge is 2.14. The number of rotatable bonds is 3. The summed E-state index contributed by atoms with van der Waals surface area (Å²) >= 11 is 0. The largest absolute Gasteiger partial charge is 0.497 e. The van der Waals surface area contributed by atoms with E-state index in [1.54, 1.807) is 18.2 Å². The number of nitrogens with zero attached hydrogens (tertiary/aromatic N) is 1. The highest BCUT2D eigenvalue weighted by molar-refractivity contribution is 6.00. The summed E-state index contributed by atoms with van der Waals surface area (Å²) in [7, 11) is 1.51. The monoisotopic (exact) mass is 296 g/mol. The lowest BCUT2D eigenvalue weighted by Crippen LogP contribution is -2.13. The number of primary amides is 1. The van der Waals surface area contributed by atoms with Crippen LogP contribution in [0.4, 0.5) is 4.39 Å². The van der Waals surface area contributed by atoms with Crippen molar-refractivity contribution in [3.63, 3.8) is 0 Å². The van der Waals surface area contributed by atoms with Gasteiger partial charge in [0.15, 0.2) is 0 Å². The number of aromatic nitrogens is 1. The number of hydrogen-bond donors (Lipinski definition) is 1. The molecule has 3 aromatic rings. The Kier molecular flexibility index (Phi) is 3.47. The maximum Gasteiger partial charge on any atom is 0.267 e. The van der Waals surface area contributed by atoms with Gasteiger partial charge in [0, 0.05) is 10.9 Å². The summed E-state index contributed by atoms with van der Waals surface area (Å²) in [6, 6.07) is 13.2. The first kappa shape index (κ1) is 14.0. The number of carbonyl (C=O) groups excluding carboxylic acids is 1. The Balaban J connectivity index is 2.36. The first-order chi connectivity index (χ1) is 10.6. The second kappa shape index (κ2) is 5.44. The van der Waals surface area contributed by atoms with E-state index in [1.165, 1.54) is 25.3 Å². The maximum atomic E-state index is 14.3. The zero-order valence-electron chi connectivity index (χ0n) is 11.8. The highest BCUT2D eigenvalue weighted by Crippen LogP contribution is 2.32. The van der Waals surface area contributed by atoms with Gasteiger partial charge in [-0.15, -0.1) is 0 Å². The first-order valence-electron chi connectivity index (χ1n) is 6.63. The van der Waals surface area contributed by atoms with Gasteiger partial charge in [-0.1, -0.05) is 18.2 Å². The lowest BCUT2D eigenvalue weighted by Gasteiger charge is -2.11. The molecule has 0 radical (unpaired) electrons. The van der Waals surface area contributed by atoms with Crippen molar-refractivity contribution in [2.75, 3.05) is 7.11 Å². The van der Waals surface area contributed by atoms with Crippen LogP contribution < -0.4 is 10.5 Å². The highest BCUT2D eigenvalue weighted by atomic mass is 19.1. The summed E-state index contributed by atoms with van der Waals surface area (Å²) < 4.78 is 19.4. The zero-order valence-corrected chi connectivity index (χ0v) is 11.8. The molecule has 3 rings (SSSR count). The third kappa shape index (κ3) is 2.37. The fourth-order valence-electron chi connectivity index (χ4n) is 2.36. The van der Waals surface area contributed by atoms with E-state index in [0.29, 0.717) is 22.4 Å². The number of halogens is 1. The molecular weight excluding hydrogens is 283 g/mol. The molecule has 2 N–H and O–H groups in total. The Bertz CT molecular complexity index is 878. The number of methoxy groups -OCH3 is 1. The molecule has 1 amide bonds. The van der Waals surface area contributed by atoms with Gasteiger partial charge in [0.25, 0.3) is 5.91 Å². The van der Waals surface area contributed by atoms with Crippen molar-refractivity contribution < 1.29 is 13.9 Å². The predicted molar refractivity (Wildman–Crippen MR) is 82.2 cm³/mol. The fourth-order valence-corrected chi connectivity index (χ4v) is 2.36. The van der Waals surface area contributed by atoms with Crippen molar-refractivity contribution in [2.45, 2.75) is 0 Å². The second-order valence-electron chi connectivity index (χ2n) is 4.78. The number of ether oxygens (including phenoxy) is 1. The molecule has 22 heavy (non-hydrogen) atoms. The Hall–Kier alpha value is -2.95. The van der Waals surface area contributed by atoms with E-state index in [9.17, 15) is 9.18 Å². The minimum absolute atomic E-state index is 0.0934. The van der Waals surface area contributed by atoms with E-state index in [1.807, 2.05) is 12.1 Å². The zero-order chi connectivity index (χ0) is 15.7. The summed E-state index contributed by atoms with van der Waals surface area (Å²) in [5.41, 5.74) is 6.88. The molecule has 0 spiro atoms. The Labute approximate surface area is 126 Å². The Morgan fingerprint density at radius 3 is 2.64 bits per heavy atom. The third-order valence-corrected chi connectivity index (χ3v) is 3.43. The van der Waals surface area contributed by atoms with Crippen molar-refractivity contribution in [1.29, 1.82) is 0 Å². The van der Waals surface area contributed by atoms with E-state index >= 15 is 0 Å². The van der Waals surface area contributed by atoms with Crippen LogP contribution in [0.2, 0.25) is 0 Å². The minimum Gasteiger partial charge on any atom is -0.497 e. The van der Waals surface area contributed by atoms with Crippen LogP contribution in [0.5, 0.6) is 5.75 Å². The molecule has 0 aliphatic heterocycles. The third-order valence-electron chi connectivity index (χ3n) is 3.43. The molecule has 4 nitrogen and oxygen atoms in total. The van der Waals surface area contributed by atoms with Gasteiger partial charge in [-0.2, -0.15) is 0 Å². The fraction of sp³-hybridized carbons (Fsp3) is 0.0588. The number of amides is 1. The van der Waals surface area contributed by atoms with Crippen LogP contribution in [-0.2, 0) is 0 Å². The standard InChI is InChI=1S/C17H13FN2O2/c1-22-10-6-7-14(18)13(8-10)12-9-16(17(19)21)20-15-5-3-2-4-11(12)15/h2-9H,1H3,(H2,19,21). The van der Waals surface area contributed by atoms with E-state index in [4.69, 9.17) is 10.5 Å². The van der Waals surface area contributed by atoms with Crippen molar-refractivity contribution in [3.8, 4) is 16.9 Å². The van der Waals surface area contributed by atoms with E-state index in [0.717, 1.165) is 5.39 Å². The lowest BCUT2D eigenvalue weighted by atomic mass is 9.99. The molecule has 0 saturated carbocycles. The van der Waals surface area contributed by atoms with Crippen LogP contribution in [0.1, 0.15) is 10.5 Å². The predicted octanol–water partition coefficient (Wildman–Crippen LogP) is 3.15. The number of carbonyl (C=O) groups is 1. The average molecular weight is 296 g/mol. The van der Waals surface area contributed by atoms with Gasteiger partial charge in [-0.25, -0.2) is 9.37 Å². The molecule has 0 fully saturated rings. The average Bonchev–Trinajstić information content (AvgIpc) is 2.54. The van der Waals surface area contributed by atoms with Crippen LogP contribution in [0.25, 0.3) is 22.0 Å². The molecule has 5 heteroatoms. The molecule has 1 heterocycles. The van der Waals surface area contributed by atoms with Crippen LogP contribution in [0.15, 0.2) is 48.5 Å². The number of fused-ring (bicyclic) bond motifs is 1. The smallest absolute Gasteiger partial charge is 0.267 e. The van der Waals surface area contributed by atoms with Crippen LogP contribution >= 0.6 is 0 Å². The molecule has 0 unspecified atom stereocenters. The number of para-hydroxylation sites is 1. The normalized spacial score (nSPS) is 10.6. The summed E-state index contributed by atoms with van der Waals surface area (Å²) in [6.45, 7) is 0. The van der Waals surface area contributed by atoms with Crippen molar-refractivity contribution in [2.24, 2.45) is 5.73 Å². The van der Waals surface area contributed by atoms with Crippen molar-refractivity contribution >= 4 is 16.8 Å². The number of benzene rings is 2. The molecule has 110 valence electrons. The minimum atomic E-state index is -0.657. The van der Waals surface area contributed by atoms with E-state index < -0.39 is 11.7 Å². The molecular formula is C17H13FN2O2. The van der Waals surface area contributed by atoms with Gasteiger partial charge in [0.2, 0.25) is 0 Å². The first-order valence-corrected chi connectivity index (χ1v) is 6.63. The number of nitrogens with two attached hydrogens (primary N) is 1. The number of hydrogen-bond acceptors (Lipinski definition) is 3. The maximum absolute atomic E-state index is 14.3. The molecule has 0 atom stereocenters. The molecule has 0 aliphatic rings. The molecule has 0 aliphatic carbocycles. The van der Waals surface area contributed by atoms with E-state index in [-0.39, 0.29) is 5.69 Å². The van der Waals surface area contributed by atoms with Gasteiger partial charge < -0.3 is 10.5 Å². The van der Waals surface area contributed by atoms with Crippen LogP contribution in [-0.4, -0.2) is 18.0 Å². The summed E-state index contributed by atoms with van der Waals surface area (Å²) in [4.78, 5) is 15.7. The molecule has 0 bridgehead atoms. The Morgan fingerprint density at radius 2 is 1.91 bits per heavy atom. The van der Waals surface area contributed by atoms with Gasteiger partial charge in [0.05, 0.1) is 12.6 Å². The summed E-state index contributed by atoms with van der Waals surface area (Å²) in [6.07, 6.45) is 0. The lowest BCUT2D eigenvalue weighted by molar-refractivity contribution is 0.0996.